The highest BCUT2D eigenvalue weighted by Gasteiger charge is 2.22. The molecule has 11 rings (SSSR count). The zero-order valence-electron chi connectivity index (χ0n) is 28.0. The first-order valence-electron chi connectivity index (χ1n) is 17.6. The predicted molar refractivity (Wildman–Crippen MR) is 221 cm³/mol. The van der Waals surface area contributed by atoms with Gasteiger partial charge in [-0.1, -0.05) is 109 Å². The molecule has 3 heterocycles. The summed E-state index contributed by atoms with van der Waals surface area (Å²) in [6, 6.07) is 65.4. The third-order valence-corrected chi connectivity index (χ3v) is 11.6. The second kappa shape index (κ2) is 11.5. The molecule has 0 aliphatic carbocycles. The van der Waals surface area contributed by atoms with E-state index in [1.165, 1.54) is 31.1 Å². The van der Waals surface area contributed by atoms with Crippen LogP contribution in [0.4, 0.5) is 17.1 Å². The van der Waals surface area contributed by atoms with Crippen molar-refractivity contribution in [3.63, 3.8) is 0 Å². The predicted octanol–water partition coefficient (Wildman–Crippen LogP) is 14.2. The molecule has 4 heteroatoms. The fraction of sp³-hybridized carbons (Fsp3) is 0. The normalized spacial score (nSPS) is 11.8. The standard InChI is InChI=1S/C48H30N2OS/c1-3-14-32(15-4-1)49(33-16-5-2-6-17-33)34-28-31(36-21-13-22-40-38-19-9-12-25-45(38)52-48(36)40)29-35(30-34)50-42-23-10-7-20-41(42)46-43(50)27-26-39-37-18-8-11-24-44(37)51-47(39)46/h1-30H. The Kier molecular flexibility index (Phi) is 6.42. The Labute approximate surface area is 303 Å². The number of hydrogen-bond acceptors (Lipinski definition) is 3. The van der Waals surface area contributed by atoms with Crippen molar-refractivity contribution in [2.45, 2.75) is 0 Å². The van der Waals surface area contributed by atoms with Crippen LogP contribution < -0.4 is 4.90 Å². The molecule has 0 aliphatic heterocycles. The number of nitrogens with zero attached hydrogens (tertiary/aromatic N) is 2. The Morgan fingerprint density at radius 1 is 0.462 bits per heavy atom. The van der Waals surface area contributed by atoms with E-state index < -0.39 is 0 Å². The molecule has 0 bridgehead atoms. The molecule has 8 aromatic carbocycles. The van der Waals surface area contributed by atoms with E-state index in [0.29, 0.717) is 0 Å². The molecule has 52 heavy (non-hydrogen) atoms. The van der Waals surface area contributed by atoms with Crippen molar-refractivity contribution in [1.82, 2.24) is 4.57 Å². The molecule has 0 spiro atoms. The molecule has 3 nitrogen and oxygen atoms in total. The summed E-state index contributed by atoms with van der Waals surface area (Å²) in [4.78, 5) is 2.36. The topological polar surface area (TPSA) is 21.3 Å². The van der Waals surface area contributed by atoms with Crippen molar-refractivity contribution < 1.29 is 4.42 Å². The molecule has 244 valence electrons. The van der Waals surface area contributed by atoms with E-state index in [-0.39, 0.29) is 0 Å². The van der Waals surface area contributed by atoms with Gasteiger partial charge in [-0.2, -0.15) is 0 Å². The lowest BCUT2D eigenvalue weighted by Crippen LogP contribution is -2.10. The van der Waals surface area contributed by atoms with Crippen molar-refractivity contribution in [2.24, 2.45) is 0 Å². The zero-order chi connectivity index (χ0) is 34.2. The van der Waals surface area contributed by atoms with Gasteiger partial charge in [0.1, 0.15) is 11.2 Å². The van der Waals surface area contributed by atoms with Crippen molar-refractivity contribution in [3.05, 3.63) is 182 Å². The molecular formula is C48H30N2OS. The second-order valence-corrected chi connectivity index (χ2v) is 14.4. The van der Waals surface area contributed by atoms with Crippen LogP contribution in [0.3, 0.4) is 0 Å². The summed E-state index contributed by atoms with van der Waals surface area (Å²) in [6.07, 6.45) is 0. The summed E-state index contributed by atoms with van der Waals surface area (Å²) in [5, 5.41) is 7.16. The second-order valence-electron chi connectivity index (χ2n) is 13.3. The van der Waals surface area contributed by atoms with E-state index in [1.54, 1.807) is 0 Å². The summed E-state index contributed by atoms with van der Waals surface area (Å²) in [5.41, 5.74) is 10.8. The van der Waals surface area contributed by atoms with Gasteiger partial charge in [-0.3, -0.25) is 0 Å². The molecule has 0 N–H and O–H groups in total. The molecule has 0 radical (unpaired) electrons. The van der Waals surface area contributed by atoms with Crippen molar-refractivity contribution in [2.75, 3.05) is 4.90 Å². The van der Waals surface area contributed by atoms with Crippen molar-refractivity contribution >= 4 is 92.3 Å². The van der Waals surface area contributed by atoms with Crippen LogP contribution in [-0.4, -0.2) is 4.57 Å². The van der Waals surface area contributed by atoms with E-state index in [0.717, 1.165) is 66.7 Å². The fourth-order valence-electron chi connectivity index (χ4n) is 8.10. The van der Waals surface area contributed by atoms with Gasteiger partial charge in [0, 0.05) is 59.1 Å². The number of fused-ring (bicyclic) bond motifs is 10. The molecular weight excluding hydrogens is 653 g/mol. The van der Waals surface area contributed by atoms with Crippen molar-refractivity contribution in [3.8, 4) is 16.8 Å². The third-order valence-electron chi connectivity index (χ3n) is 10.3. The van der Waals surface area contributed by atoms with E-state index in [4.69, 9.17) is 4.42 Å². The maximum atomic E-state index is 6.65. The monoisotopic (exact) mass is 682 g/mol. The first-order chi connectivity index (χ1) is 25.8. The van der Waals surface area contributed by atoms with Gasteiger partial charge in [0.15, 0.2) is 0 Å². The SMILES string of the molecule is c1ccc(N(c2ccccc2)c2cc(-c3cccc4c3sc3ccccc34)cc(-n3c4ccccc4c4c5oc6ccccc6c5ccc43)c2)cc1. The van der Waals surface area contributed by atoms with E-state index in [9.17, 15) is 0 Å². The molecule has 3 aromatic heterocycles. The van der Waals surface area contributed by atoms with Crippen LogP contribution in [0, 0.1) is 0 Å². The minimum atomic E-state index is 0.906. The number of hydrogen-bond donors (Lipinski definition) is 0. The van der Waals surface area contributed by atoms with Gasteiger partial charge in [0.05, 0.1) is 16.4 Å². The van der Waals surface area contributed by atoms with Crippen LogP contribution in [0.2, 0.25) is 0 Å². The van der Waals surface area contributed by atoms with Gasteiger partial charge in [0.25, 0.3) is 0 Å². The maximum absolute atomic E-state index is 6.65. The van der Waals surface area contributed by atoms with Crippen LogP contribution >= 0.6 is 11.3 Å². The molecule has 11 aromatic rings. The van der Waals surface area contributed by atoms with Crippen molar-refractivity contribution in [1.29, 1.82) is 0 Å². The van der Waals surface area contributed by atoms with Crippen LogP contribution in [0.15, 0.2) is 186 Å². The third kappa shape index (κ3) is 4.38. The average Bonchev–Trinajstić information content (AvgIpc) is 3.88. The highest BCUT2D eigenvalue weighted by molar-refractivity contribution is 7.26. The number of anilines is 3. The zero-order valence-corrected chi connectivity index (χ0v) is 28.8. The van der Waals surface area contributed by atoms with Gasteiger partial charge >= 0.3 is 0 Å². The minimum Gasteiger partial charge on any atom is -0.455 e. The number of thiophene rings is 1. The van der Waals surface area contributed by atoms with Gasteiger partial charge in [-0.05, 0) is 83.9 Å². The number of furan rings is 1. The van der Waals surface area contributed by atoms with Gasteiger partial charge < -0.3 is 13.9 Å². The molecule has 0 saturated heterocycles. The molecule has 0 amide bonds. The van der Waals surface area contributed by atoms with Gasteiger partial charge in [0.2, 0.25) is 0 Å². The van der Waals surface area contributed by atoms with E-state index in [2.05, 4.69) is 185 Å². The average molecular weight is 683 g/mol. The lowest BCUT2D eigenvalue weighted by Gasteiger charge is -2.27. The van der Waals surface area contributed by atoms with E-state index >= 15 is 0 Å². The van der Waals surface area contributed by atoms with Crippen LogP contribution in [0.1, 0.15) is 0 Å². The molecule has 0 saturated carbocycles. The largest absolute Gasteiger partial charge is 0.455 e. The Balaban J connectivity index is 1.25. The molecule has 0 atom stereocenters. The smallest absolute Gasteiger partial charge is 0.145 e. The molecule has 0 unspecified atom stereocenters. The minimum absolute atomic E-state index is 0.906. The van der Waals surface area contributed by atoms with Gasteiger partial charge in [-0.25, -0.2) is 0 Å². The lowest BCUT2D eigenvalue weighted by atomic mass is 10.0. The van der Waals surface area contributed by atoms with Crippen LogP contribution in [0.25, 0.3) is 80.7 Å². The summed E-state index contributed by atoms with van der Waals surface area (Å²) in [5.74, 6) is 0. The molecule has 0 fully saturated rings. The fourth-order valence-corrected chi connectivity index (χ4v) is 9.34. The first-order valence-corrected chi connectivity index (χ1v) is 18.4. The number of para-hydroxylation sites is 4. The first kappa shape index (κ1) is 29.1. The Morgan fingerprint density at radius 2 is 1.13 bits per heavy atom. The summed E-state index contributed by atoms with van der Waals surface area (Å²) >= 11 is 1.87. The summed E-state index contributed by atoms with van der Waals surface area (Å²) in [7, 11) is 0. The lowest BCUT2D eigenvalue weighted by molar-refractivity contribution is 0.673. The van der Waals surface area contributed by atoms with E-state index in [1.807, 2.05) is 17.4 Å². The quantitative estimate of drug-likeness (QED) is 0.180. The van der Waals surface area contributed by atoms with Gasteiger partial charge in [-0.15, -0.1) is 11.3 Å². The number of benzene rings is 8. The summed E-state index contributed by atoms with van der Waals surface area (Å²) in [6.45, 7) is 0. The Bertz CT molecular complexity index is 3090. The maximum Gasteiger partial charge on any atom is 0.145 e. The molecule has 0 aliphatic rings. The van der Waals surface area contributed by atoms with Crippen LogP contribution in [0.5, 0.6) is 0 Å². The number of aromatic nitrogens is 1. The summed E-state index contributed by atoms with van der Waals surface area (Å²) < 4.78 is 11.7. The number of rotatable bonds is 5. The van der Waals surface area contributed by atoms with Crippen LogP contribution in [-0.2, 0) is 0 Å². The highest BCUT2D eigenvalue weighted by atomic mass is 32.1. The Hall–Kier alpha value is -6.62. The Morgan fingerprint density at radius 3 is 1.94 bits per heavy atom. The highest BCUT2D eigenvalue weighted by Crippen LogP contribution is 2.45.